The molecule has 0 amide bonds. The summed E-state index contributed by atoms with van der Waals surface area (Å²) < 4.78 is 0. The maximum Gasteiger partial charge on any atom is 0.0552 e. The van der Waals surface area contributed by atoms with Gasteiger partial charge in [-0.1, -0.05) is 30.9 Å². The van der Waals surface area contributed by atoms with Crippen molar-refractivity contribution in [2.75, 3.05) is 0 Å². The first kappa shape index (κ1) is 12.9. The predicted molar refractivity (Wildman–Crippen MR) is 67.3 cm³/mol. The number of aliphatic hydroxyl groups is 2. The van der Waals surface area contributed by atoms with Crippen molar-refractivity contribution in [1.29, 1.82) is 0 Å². The molecule has 0 aromatic heterocycles. The molecule has 0 fully saturated rings. The Morgan fingerprint density at radius 1 is 1.06 bits per heavy atom. The zero-order valence-corrected chi connectivity index (χ0v) is 9.98. The van der Waals surface area contributed by atoms with E-state index in [0.29, 0.717) is 12.8 Å². The summed E-state index contributed by atoms with van der Waals surface area (Å²) in [6, 6.07) is 6.07. The molecular weight excluding hydrogens is 200 g/mol. The standard InChI is InChI=1S/C14H20O2/c1-4-12-7-13(5-10(2)15)9-14(8-12)6-11(3)16/h4,7-11,15-16H,1,5-6H2,2-3H3. The molecule has 0 radical (unpaired) electrons. The van der Waals surface area contributed by atoms with Gasteiger partial charge in [-0.05, 0) is 43.4 Å². The van der Waals surface area contributed by atoms with Crippen LogP contribution in [0.5, 0.6) is 0 Å². The Hall–Kier alpha value is -1.12. The van der Waals surface area contributed by atoms with Crippen molar-refractivity contribution in [3.05, 3.63) is 41.5 Å². The van der Waals surface area contributed by atoms with Gasteiger partial charge in [-0.2, -0.15) is 0 Å². The van der Waals surface area contributed by atoms with Gasteiger partial charge in [0.2, 0.25) is 0 Å². The Morgan fingerprint density at radius 2 is 1.50 bits per heavy atom. The van der Waals surface area contributed by atoms with Gasteiger partial charge in [-0.25, -0.2) is 0 Å². The lowest BCUT2D eigenvalue weighted by atomic mass is 9.99. The second kappa shape index (κ2) is 5.83. The molecule has 0 saturated carbocycles. The van der Waals surface area contributed by atoms with Crippen molar-refractivity contribution in [1.82, 2.24) is 0 Å². The SMILES string of the molecule is C=Cc1cc(CC(C)O)cc(CC(C)O)c1. The molecule has 2 N–H and O–H groups in total. The molecule has 1 rings (SSSR count). The van der Waals surface area contributed by atoms with E-state index in [1.54, 1.807) is 19.9 Å². The summed E-state index contributed by atoms with van der Waals surface area (Å²) in [5.74, 6) is 0. The third kappa shape index (κ3) is 4.17. The molecule has 0 heterocycles. The largest absolute Gasteiger partial charge is 0.393 e. The second-order valence-electron chi connectivity index (χ2n) is 4.39. The lowest BCUT2D eigenvalue weighted by Gasteiger charge is -2.10. The topological polar surface area (TPSA) is 40.5 Å². The maximum atomic E-state index is 9.37. The van der Waals surface area contributed by atoms with Gasteiger partial charge in [0.1, 0.15) is 0 Å². The summed E-state index contributed by atoms with van der Waals surface area (Å²) in [5.41, 5.74) is 3.21. The molecule has 1 aromatic rings. The molecule has 0 bridgehead atoms. The molecule has 2 nitrogen and oxygen atoms in total. The van der Waals surface area contributed by atoms with E-state index in [9.17, 15) is 10.2 Å². The van der Waals surface area contributed by atoms with Crippen molar-refractivity contribution in [2.45, 2.75) is 38.9 Å². The van der Waals surface area contributed by atoms with E-state index in [1.165, 1.54) is 0 Å². The number of aliphatic hydroxyl groups excluding tert-OH is 2. The summed E-state index contributed by atoms with van der Waals surface area (Å²) in [7, 11) is 0. The fourth-order valence-electron chi connectivity index (χ4n) is 1.83. The van der Waals surface area contributed by atoms with Crippen molar-refractivity contribution in [2.24, 2.45) is 0 Å². The van der Waals surface area contributed by atoms with Crippen LogP contribution >= 0.6 is 0 Å². The average Bonchev–Trinajstić information content (AvgIpc) is 2.14. The summed E-state index contributed by atoms with van der Waals surface area (Å²) >= 11 is 0. The van der Waals surface area contributed by atoms with Crippen LogP contribution in [0.1, 0.15) is 30.5 Å². The molecule has 0 spiro atoms. The minimum absolute atomic E-state index is 0.348. The van der Waals surface area contributed by atoms with Gasteiger partial charge in [0, 0.05) is 0 Å². The van der Waals surface area contributed by atoms with Crippen LogP contribution in [0.4, 0.5) is 0 Å². The van der Waals surface area contributed by atoms with Gasteiger partial charge in [0.25, 0.3) is 0 Å². The Kier molecular flexibility index (Phi) is 4.71. The van der Waals surface area contributed by atoms with Gasteiger partial charge in [-0.15, -0.1) is 0 Å². The lowest BCUT2D eigenvalue weighted by Crippen LogP contribution is -2.07. The second-order valence-corrected chi connectivity index (χ2v) is 4.39. The zero-order valence-electron chi connectivity index (χ0n) is 9.98. The number of rotatable bonds is 5. The summed E-state index contributed by atoms with van der Waals surface area (Å²) in [4.78, 5) is 0. The maximum absolute atomic E-state index is 9.37. The van der Waals surface area contributed by atoms with Gasteiger partial charge >= 0.3 is 0 Å². The number of benzene rings is 1. The number of hydrogen-bond donors (Lipinski definition) is 2. The highest BCUT2D eigenvalue weighted by molar-refractivity contribution is 5.50. The smallest absolute Gasteiger partial charge is 0.0552 e. The quantitative estimate of drug-likeness (QED) is 0.798. The van der Waals surface area contributed by atoms with Crippen molar-refractivity contribution >= 4 is 6.08 Å². The van der Waals surface area contributed by atoms with E-state index in [4.69, 9.17) is 0 Å². The molecule has 1 aromatic carbocycles. The summed E-state index contributed by atoms with van der Waals surface area (Å²) in [6.45, 7) is 7.29. The van der Waals surface area contributed by atoms with Crippen LogP contribution in [-0.2, 0) is 12.8 Å². The third-order valence-electron chi connectivity index (χ3n) is 2.37. The minimum Gasteiger partial charge on any atom is -0.393 e. The molecule has 16 heavy (non-hydrogen) atoms. The van der Waals surface area contributed by atoms with Crippen LogP contribution in [0.3, 0.4) is 0 Å². The van der Waals surface area contributed by atoms with E-state index < -0.39 is 0 Å². The first-order valence-electron chi connectivity index (χ1n) is 5.62. The van der Waals surface area contributed by atoms with Gasteiger partial charge in [0.15, 0.2) is 0 Å². The van der Waals surface area contributed by atoms with Crippen LogP contribution in [-0.4, -0.2) is 22.4 Å². The monoisotopic (exact) mass is 220 g/mol. The molecule has 2 atom stereocenters. The molecule has 0 aliphatic heterocycles. The number of hydrogen-bond acceptors (Lipinski definition) is 2. The van der Waals surface area contributed by atoms with Crippen LogP contribution < -0.4 is 0 Å². The first-order chi connectivity index (χ1) is 7.51. The highest BCUT2D eigenvalue weighted by Gasteiger charge is 2.05. The molecule has 0 aliphatic rings. The van der Waals surface area contributed by atoms with E-state index in [0.717, 1.165) is 16.7 Å². The van der Waals surface area contributed by atoms with Crippen LogP contribution in [0.2, 0.25) is 0 Å². The molecular formula is C14H20O2. The fraction of sp³-hybridized carbons (Fsp3) is 0.429. The van der Waals surface area contributed by atoms with Crippen molar-refractivity contribution in [3.8, 4) is 0 Å². The highest BCUT2D eigenvalue weighted by Crippen LogP contribution is 2.15. The van der Waals surface area contributed by atoms with E-state index in [-0.39, 0.29) is 12.2 Å². The Labute approximate surface area is 97.2 Å². The van der Waals surface area contributed by atoms with Gasteiger partial charge in [0.05, 0.1) is 12.2 Å². The Balaban J connectivity index is 2.95. The van der Waals surface area contributed by atoms with Crippen LogP contribution in [0.25, 0.3) is 6.08 Å². The van der Waals surface area contributed by atoms with E-state index in [1.807, 2.05) is 18.2 Å². The Morgan fingerprint density at radius 3 is 1.81 bits per heavy atom. The Bertz CT molecular complexity index is 326. The molecule has 2 unspecified atom stereocenters. The predicted octanol–water partition coefficient (Wildman–Crippen LogP) is 2.18. The molecule has 0 aliphatic carbocycles. The van der Waals surface area contributed by atoms with E-state index >= 15 is 0 Å². The third-order valence-corrected chi connectivity index (χ3v) is 2.37. The van der Waals surface area contributed by atoms with Gasteiger partial charge in [-0.3, -0.25) is 0 Å². The summed E-state index contributed by atoms with van der Waals surface area (Å²) in [6.07, 6.45) is 2.36. The average molecular weight is 220 g/mol. The summed E-state index contributed by atoms with van der Waals surface area (Å²) in [5, 5.41) is 18.7. The van der Waals surface area contributed by atoms with E-state index in [2.05, 4.69) is 6.58 Å². The van der Waals surface area contributed by atoms with Crippen LogP contribution in [0, 0.1) is 0 Å². The zero-order chi connectivity index (χ0) is 12.1. The van der Waals surface area contributed by atoms with Crippen LogP contribution in [0.15, 0.2) is 24.8 Å². The molecule has 88 valence electrons. The molecule has 2 heteroatoms. The minimum atomic E-state index is -0.348. The normalized spacial score (nSPS) is 14.5. The highest BCUT2D eigenvalue weighted by atomic mass is 16.3. The first-order valence-corrected chi connectivity index (χ1v) is 5.62. The van der Waals surface area contributed by atoms with Crippen molar-refractivity contribution < 1.29 is 10.2 Å². The van der Waals surface area contributed by atoms with Gasteiger partial charge < -0.3 is 10.2 Å². The fourth-order valence-corrected chi connectivity index (χ4v) is 1.83. The lowest BCUT2D eigenvalue weighted by molar-refractivity contribution is 0.194. The molecule has 0 saturated heterocycles. The van der Waals surface area contributed by atoms with Crippen molar-refractivity contribution in [3.63, 3.8) is 0 Å².